The van der Waals surface area contributed by atoms with Crippen LogP contribution in [-0.4, -0.2) is 31.9 Å². The number of aryl methyl sites for hydroxylation is 2. The van der Waals surface area contributed by atoms with Gasteiger partial charge < -0.3 is 10.2 Å². The maximum atomic E-state index is 12.4. The number of furan rings is 1. The van der Waals surface area contributed by atoms with Crippen molar-refractivity contribution in [3.05, 3.63) is 17.6 Å². The molecule has 0 saturated carbocycles. The molecular weight excluding hydrogens is 276 g/mol. The summed E-state index contributed by atoms with van der Waals surface area (Å²) >= 11 is 0. The Hall–Kier alpha value is -0.560. The molecule has 0 spiro atoms. The summed E-state index contributed by atoms with van der Waals surface area (Å²) < 4.78 is 31.5. The second-order valence-corrected chi connectivity index (χ2v) is 6.43. The summed E-state index contributed by atoms with van der Waals surface area (Å²) in [6.45, 7) is 4.41. The number of nitrogens with two attached hydrogens (primary N) is 1. The lowest BCUT2D eigenvalue weighted by molar-refractivity contribution is 0.319. The molecule has 0 aliphatic carbocycles. The van der Waals surface area contributed by atoms with Crippen molar-refractivity contribution in [3.8, 4) is 0 Å². The number of hydrogen-bond donors (Lipinski definition) is 1. The Bertz CT molecular complexity index is 504. The molecule has 0 atom stereocenters. The van der Waals surface area contributed by atoms with E-state index < -0.39 is 10.0 Å². The van der Waals surface area contributed by atoms with Crippen molar-refractivity contribution >= 4 is 22.4 Å². The number of hydrogen-bond acceptors (Lipinski definition) is 4. The van der Waals surface area contributed by atoms with Gasteiger partial charge in [-0.05, 0) is 32.8 Å². The fraction of sp³-hybridized carbons (Fsp3) is 0.636. The van der Waals surface area contributed by atoms with Gasteiger partial charge in [-0.2, -0.15) is 4.31 Å². The SMILES string of the molecule is Cc1cc(S(=O)(=O)N2CCC(N)CC2)c(C)o1.Cl. The Kier molecular flexibility index (Phi) is 4.83. The van der Waals surface area contributed by atoms with Crippen LogP contribution < -0.4 is 5.73 Å². The van der Waals surface area contributed by atoms with E-state index >= 15 is 0 Å². The Labute approximate surface area is 114 Å². The number of piperidine rings is 1. The van der Waals surface area contributed by atoms with Gasteiger partial charge in [-0.3, -0.25) is 0 Å². The lowest BCUT2D eigenvalue weighted by Crippen LogP contribution is -2.42. The maximum Gasteiger partial charge on any atom is 0.246 e. The van der Waals surface area contributed by atoms with Crippen LogP contribution in [0.4, 0.5) is 0 Å². The molecule has 7 heteroatoms. The quantitative estimate of drug-likeness (QED) is 0.895. The van der Waals surface area contributed by atoms with Gasteiger partial charge in [0, 0.05) is 19.1 Å². The fourth-order valence-corrected chi connectivity index (χ4v) is 3.81. The minimum absolute atomic E-state index is 0. The highest BCUT2D eigenvalue weighted by molar-refractivity contribution is 7.89. The van der Waals surface area contributed by atoms with Crippen LogP contribution in [0.3, 0.4) is 0 Å². The lowest BCUT2D eigenvalue weighted by atomic mass is 10.1. The largest absolute Gasteiger partial charge is 0.465 e. The van der Waals surface area contributed by atoms with Crippen LogP contribution in [-0.2, 0) is 10.0 Å². The Morgan fingerprint density at radius 1 is 1.33 bits per heavy atom. The number of sulfonamides is 1. The topological polar surface area (TPSA) is 76.5 Å². The van der Waals surface area contributed by atoms with Gasteiger partial charge in [-0.1, -0.05) is 0 Å². The first-order valence-corrected chi connectivity index (χ1v) is 7.18. The average molecular weight is 295 g/mol. The summed E-state index contributed by atoms with van der Waals surface area (Å²) in [4.78, 5) is 0.283. The third-order valence-corrected chi connectivity index (χ3v) is 5.12. The molecule has 1 aliphatic heterocycles. The monoisotopic (exact) mass is 294 g/mol. The summed E-state index contributed by atoms with van der Waals surface area (Å²) in [5.74, 6) is 1.08. The van der Waals surface area contributed by atoms with Gasteiger partial charge in [-0.15, -0.1) is 12.4 Å². The predicted molar refractivity (Wildman–Crippen MR) is 71.4 cm³/mol. The molecule has 0 aromatic carbocycles. The summed E-state index contributed by atoms with van der Waals surface area (Å²) in [6.07, 6.45) is 1.43. The van der Waals surface area contributed by atoms with E-state index in [1.54, 1.807) is 19.9 Å². The van der Waals surface area contributed by atoms with Crippen molar-refractivity contribution in [1.29, 1.82) is 0 Å². The van der Waals surface area contributed by atoms with Crippen LogP contribution in [0, 0.1) is 13.8 Å². The number of halogens is 1. The van der Waals surface area contributed by atoms with E-state index in [9.17, 15) is 8.42 Å². The van der Waals surface area contributed by atoms with Crippen molar-refractivity contribution in [2.75, 3.05) is 13.1 Å². The third kappa shape index (κ3) is 2.88. The molecule has 2 N–H and O–H groups in total. The van der Waals surface area contributed by atoms with Gasteiger partial charge in [0.2, 0.25) is 10.0 Å². The van der Waals surface area contributed by atoms with Crippen molar-refractivity contribution in [1.82, 2.24) is 4.31 Å². The first kappa shape index (κ1) is 15.5. The highest BCUT2D eigenvalue weighted by Crippen LogP contribution is 2.25. The standard InChI is InChI=1S/C11H18N2O3S.ClH/c1-8-7-11(9(2)16-8)17(14,15)13-5-3-10(12)4-6-13;/h7,10H,3-6,12H2,1-2H3;1H. The first-order chi connectivity index (χ1) is 7.91. The van der Waals surface area contributed by atoms with Crippen molar-refractivity contribution in [2.45, 2.75) is 37.6 Å². The van der Waals surface area contributed by atoms with Gasteiger partial charge in [0.05, 0.1) is 0 Å². The summed E-state index contributed by atoms with van der Waals surface area (Å²) in [7, 11) is -3.41. The van der Waals surface area contributed by atoms with Gasteiger partial charge in [-0.25, -0.2) is 8.42 Å². The highest BCUT2D eigenvalue weighted by Gasteiger charge is 2.30. The summed E-state index contributed by atoms with van der Waals surface area (Å²) in [5, 5.41) is 0. The van der Waals surface area contributed by atoms with E-state index in [0.29, 0.717) is 24.6 Å². The molecule has 2 rings (SSSR count). The average Bonchev–Trinajstić information content (AvgIpc) is 2.59. The summed E-state index contributed by atoms with van der Waals surface area (Å²) in [5.41, 5.74) is 5.77. The molecule has 18 heavy (non-hydrogen) atoms. The van der Waals surface area contributed by atoms with Crippen LogP contribution in [0.15, 0.2) is 15.4 Å². The fourth-order valence-electron chi connectivity index (χ4n) is 2.12. The van der Waals surface area contributed by atoms with E-state index in [4.69, 9.17) is 10.2 Å². The molecule has 1 saturated heterocycles. The number of rotatable bonds is 2. The zero-order valence-electron chi connectivity index (χ0n) is 10.5. The third-order valence-electron chi connectivity index (χ3n) is 3.11. The van der Waals surface area contributed by atoms with Gasteiger partial charge in [0.25, 0.3) is 0 Å². The van der Waals surface area contributed by atoms with Crippen LogP contribution in [0.5, 0.6) is 0 Å². The predicted octanol–water partition coefficient (Wildman–Crippen LogP) is 1.43. The molecule has 2 heterocycles. The molecule has 1 aliphatic rings. The zero-order chi connectivity index (χ0) is 12.6. The zero-order valence-corrected chi connectivity index (χ0v) is 12.2. The molecular formula is C11H19ClN2O3S. The second kappa shape index (κ2) is 5.61. The van der Waals surface area contributed by atoms with E-state index in [0.717, 1.165) is 12.8 Å². The molecule has 0 radical (unpaired) electrons. The van der Waals surface area contributed by atoms with E-state index in [1.807, 2.05) is 0 Å². The van der Waals surface area contributed by atoms with Crippen LogP contribution >= 0.6 is 12.4 Å². The highest BCUT2D eigenvalue weighted by atomic mass is 35.5. The Morgan fingerprint density at radius 2 is 1.89 bits per heavy atom. The molecule has 1 fully saturated rings. The molecule has 1 aromatic rings. The minimum atomic E-state index is -3.41. The molecule has 104 valence electrons. The first-order valence-electron chi connectivity index (χ1n) is 5.74. The summed E-state index contributed by atoms with van der Waals surface area (Å²) in [6, 6.07) is 1.70. The maximum absolute atomic E-state index is 12.4. The second-order valence-electron chi connectivity index (χ2n) is 4.52. The molecule has 0 unspecified atom stereocenters. The minimum Gasteiger partial charge on any atom is -0.465 e. The molecule has 1 aromatic heterocycles. The lowest BCUT2D eigenvalue weighted by Gasteiger charge is -2.28. The normalized spacial score (nSPS) is 18.6. The van der Waals surface area contributed by atoms with E-state index in [2.05, 4.69) is 0 Å². The smallest absolute Gasteiger partial charge is 0.246 e. The van der Waals surface area contributed by atoms with Gasteiger partial charge >= 0.3 is 0 Å². The number of nitrogens with zero attached hydrogens (tertiary/aromatic N) is 1. The molecule has 0 amide bonds. The van der Waals surface area contributed by atoms with Crippen molar-refractivity contribution < 1.29 is 12.8 Å². The van der Waals surface area contributed by atoms with Gasteiger partial charge in [0.1, 0.15) is 16.4 Å². The Balaban J connectivity index is 0.00000162. The van der Waals surface area contributed by atoms with Gasteiger partial charge in [0.15, 0.2) is 0 Å². The van der Waals surface area contributed by atoms with Crippen molar-refractivity contribution in [2.24, 2.45) is 5.73 Å². The van der Waals surface area contributed by atoms with Crippen LogP contribution in [0.25, 0.3) is 0 Å². The van der Waals surface area contributed by atoms with E-state index in [1.165, 1.54) is 4.31 Å². The van der Waals surface area contributed by atoms with Crippen molar-refractivity contribution in [3.63, 3.8) is 0 Å². The van der Waals surface area contributed by atoms with Crippen LogP contribution in [0.1, 0.15) is 24.4 Å². The molecule has 5 nitrogen and oxygen atoms in total. The van der Waals surface area contributed by atoms with E-state index in [-0.39, 0.29) is 23.3 Å². The van der Waals surface area contributed by atoms with Crippen LogP contribution in [0.2, 0.25) is 0 Å². The Morgan fingerprint density at radius 3 is 2.33 bits per heavy atom. The molecule has 0 bridgehead atoms.